The third-order valence-corrected chi connectivity index (χ3v) is 6.99. The van der Waals surface area contributed by atoms with Crippen LogP contribution in [0.4, 0.5) is 0 Å². The molecule has 4 atom stereocenters. The van der Waals surface area contributed by atoms with E-state index in [0.717, 1.165) is 11.3 Å². The van der Waals surface area contributed by atoms with Crippen molar-refractivity contribution in [1.29, 1.82) is 0 Å². The number of amides is 2. The Bertz CT molecular complexity index is 1220. The summed E-state index contributed by atoms with van der Waals surface area (Å²) >= 11 is 0. The quantitative estimate of drug-likeness (QED) is 0.231. The van der Waals surface area contributed by atoms with Crippen molar-refractivity contribution in [1.82, 2.24) is 4.90 Å². The molecule has 9 heteroatoms. The second kappa shape index (κ2) is 10.9. The Morgan fingerprint density at radius 3 is 2.35 bits per heavy atom. The molecule has 2 fully saturated rings. The maximum atomic E-state index is 12.8. The van der Waals surface area contributed by atoms with Gasteiger partial charge >= 0.3 is 11.9 Å². The molecule has 194 valence electrons. The molecule has 9 nitrogen and oxygen atoms in total. The molecule has 1 aliphatic carbocycles. The van der Waals surface area contributed by atoms with Crippen molar-refractivity contribution in [3.63, 3.8) is 0 Å². The zero-order valence-corrected chi connectivity index (χ0v) is 21.0. The van der Waals surface area contributed by atoms with Crippen molar-refractivity contribution >= 4 is 29.5 Å². The highest BCUT2D eigenvalue weighted by molar-refractivity contribution is 6.08. The molecule has 0 bridgehead atoms. The monoisotopic (exact) mass is 507 g/mol. The van der Waals surface area contributed by atoms with Crippen LogP contribution in [-0.4, -0.2) is 54.2 Å². The molecule has 1 aliphatic heterocycles. The van der Waals surface area contributed by atoms with E-state index in [2.05, 4.69) is 6.92 Å². The SMILES string of the molecule is COc1cccc(C(=O)Oc2ccc(C(=O)COC(=O)C(C)N3C(=O)C4CCC(C)CC4C3=O)cc2)c1. The number of rotatable bonds is 8. The molecule has 0 N–H and O–H groups in total. The van der Waals surface area contributed by atoms with Gasteiger partial charge in [0.25, 0.3) is 0 Å². The topological polar surface area (TPSA) is 116 Å². The zero-order valence-electron chi connectivity index (χ0n) is 21.0. The molecule has 2 aromatic rings. The number of imide groups is 1. The van der Waals surface area contributed by atoms with Gasteiger partial charge in [-0.3, -0.25) is 19.3 Å². The van der Waals surface area contributed by atoms with Crippen LogP contribution in [0.5, 0.6) is 11.5 Å². The third-order valence-electron chi connectivity index (χ3n) is 6.99. The first-order chi connectivity index (χ1) is 17.7. The molecular weight excluding hydrogens is 478 g/mol. The Hall–Kier alpha value is -4.01. The maximum Gasteiger partial charge on any atom is 0.343 e. The van der Waals surface area contributed by atoms with E-state index in [9.17, 15) is 24.0 Å². The number of hydrogen-bond acceptors (Lipinski definition) is 8. The molecule has 0 spiro atoms. The fraction of sp³-hybridized carbons (Fsp3) is 0.393. The van der Waals surface area contributed by atoms with Crippen LogP contribution >= 0.6 is 0 Å². The van der Waals surface area contributed by atoms with E-state index in [1.165, 1.54) is 38.3 Å². The number of Topliss-reactive ketones (excluding diaryl/α,β-unsaturated/α-hetero) is 1. The van der Waals surface area contributed by atoms with E-state index in [-0.39, 0.29) is 35.0 Å². The molecule has 1 heterocycles. The highest BCUT2D eigenvalue weighted by Gasteiger charge is 2.52. The number of ketones is 1. The predicted molar refractivity (Wildman–Crippen MR) is 131 cm³/mol. The standard InChI is InChI=1S/C28H29NO8/c1-16-7-12-22-23(13-16)26(32)29(25(22)31)17(2)27(33)36-15-24(30)18-8-10-20(11-9-18)37-28(34)19-5-4-6-21(14-19)35-3/h4-6,8-11,14,16-17,22-23H,7,12-13,15H2,1-3H3. The number of ether oxygens (including phenoxy) is 3. The molecule has 4 rings (SSSR count). The van der Waals surface area contributed by atoms with Gasteiger partial charge in [0.15, 0.2) is 12.4 Å². The number of carbonyl (C=O) groups is 5. The van der Waals surface area contributed by atoms with Crippen molar-refractivity contribution < 1.29 is 38.2 Å². The van der Waals surface area contributed by atoms with Gasteiger partial charge in [-0.15, -0.1) is 0 Å². The minimum Gasteiger partial charge on any atom is -0.497 e. The summed E-state index contributed by atoms with van der Waals surface area (Å²) in [5.74, 6) is -2.20. The average Bonchev–Trinajstić information content (AvgIpc) is 3.15. The van der Waals surface area contributed by atoms with Gasteiger partial charge in [-0.2, -0.15) is 0 Å². The van der Waals surface area contributed by atoms with Gasteiger partial charge in [-0.1, -0.05) is 13.0 Å². The lowest BCUT2D eigenvalue weighted by Gasteiger charge is -2.25. The van der Waals surface area contributed by atoms with Crippen LogP contribution in [0.1, 0.15) is 53.8 Å². The molecule has 37 heavy (non-hydrogen) atoms. The van der Waals surface area contributed by atoms with E-state index >= 15 is 0 Å². The van der Waals surface area contributed by atoms with Gasteiger partial charge in [0.05, 0.1) is 24.5 Å². The smallest absolute Gasteiger partial charge is 0.343 e. The van der Waals surface area contributed by atoms with Gasteiger partial charge in [0, 0.05) is 5.56 Å². The maximum absolute atomic E-state index is 12.8. The van der Waals surface area contributed by atoms with Crippen LogP contribution in [0.15, 0.2) is 48.5 Å². The van der Waals surface area contributed by atoms with Crippen molar-refractivity contribution in [2.45, 2.75) is 39.2 Å². The Balaban J connectivity index is 1.31. The molecule has 2 amide bonds. The Morgan fingerprint density at radius 1 is 0.946 bits per heavy atom. The number of likely N-dealkylation sites (tertiary alicyclic amines) is 1. The first-order valence-electron chi connectivity index (χ1n) is 12.2. The fourth-order valence-corrected chi connectivity index (χ4v) is 4.87. The van der Waals surface area contributed by atoms with E-state index < -0.39 is 30.4 Å². The number of esters is 2. The third kappa shape index (κ3) is 5.55. The van der Waals surface area contributed by atoms with E-state index in [0.29, 0.717) is 30.1 Å². The van der Waals surface area contributed by atoms with Crippen LogP contribution in [0.25, 0.3) is 0 Å². The van der Waals surface area contributed by atoms with Crippen molar-refractivity contribution in [3.05, 3.63) is 59.7 Å². The van der Waals surface area contributed by atoms with Gasteiger partial charge < -0.3 is 14.2 Å². The lowest BCUT2D eigenvalue weighted by Crippen LogP contribution is -2.44. The number of hydrogen-bond donors (Lipinski definition) is 0. The van der Waals surface area contributed by atoms with Gasteiger partial charge in [0.1, 0.15) is 17.5 Å². The van der Waals surface area contributed by atoms with Crippen molar-refractivity contribution in [2.24, 2.45) is 17.8 Å². The van der Waals surface area contributed by atoms with E-state index in [1.807, 2.05) is 0 Å². The van der Waals surface area contributed by atoms with Gasteiger partial charge in [0.2, 0.25) is 11.8 Å². The summed E-state index contributed by atoms with van der Waals surface area (Å²) in [5, 5.41) is 0. The molecule has 1 saturated carbocycles. The van der Waals surface area contributed by atoms with Crippen molar-refractivity contribution in [3.8, 4) is 11.5 Å². The number of methoxy groups -OCH3 is 1. The molecule has 0 aromatic heterocycles. The van der Waals surface area contributed by atoms with Crippen LogP contribution in [0.2, 0.25) is 0 Å². The molecule has 2 aromatic carbocycles. The second-order valence-corrected chi connectivity index (χ2v) is 9.53. The molecule has 4 unspecified atom stereocenters. The predicted octanol–water partition coefficient (Wildman–Crippen LogP) is 3.45. The van der Waals surface area contributed by atoms with Crippen molar-refractivity contribution in [2.75, 3.05) is 13.7 Å². The summed E-state index contributed by atoms with van der Waals surface area (Å²) in [5.41, 5.74) is 0.555. The number of nitrogens with zero attached hydrogens (tertiary/aromatic N) is 1. The lowest BCUT2D eigenvalue weighted by atomic mass is 9.76. The summed E-state index contributed by atoms with van der Waals surface area (Å²) in [6, 6.07) is 11.2. The number of fused-ring (bicyclic) bond motifs is 1. The van der Waals surface area contributed by atoms with Crippen LogP contribution in [0, 0.1) is 17.8 Å². The lowest BCUT2D eigenvalue weighted by molar-refractivity contribution is -0.157. The van der Waals surface area contributed by atoms with Crippen LogP contribution in [0.3, 0.4) is 0 Å². The first-order valence-corrected chi connectivity index (χ1v) is 12.2. The summed E-state index contributed by atoms with van der Waals surface area (Å²) in [4.78, 5) is 64.1. The second-order valence-electron chi connectivity index (χ2n) is 9.53. The minimum atomic E-state index is -1.10. The molecular formula is C28H29NO8. The first kappa shape index (κ1) is 26.1. The largest absolute Gasteiger partial charge is 0.497 e. The average molecular weight is 508 g/mol. The number of benzene rings is 2. The Kier molecular flexibility index (Phi) is 7.71. The van der Waals surface area contributed by atoms with Gasteiger partial charge in [-0.25, -0.2) is 9.59 Å². The summed E-state index contributed by atoms with van der Waals surface area (Å²) in [6.07, 6.45) is 2.15. The number of carbonyl (C=O) groups excluding carboxylic acids is 5. The van der Waals surface area contributed by atoms with Crippen LogP contribution in [-0.2, 0) is 19.1 Å². The molecule has 2 aliphatic rings. The normalized spacial score (nSPS) is 21.7. The van der Waals surface area contributed by atoms with E-state index in [4.69, 9.17) is 14.2 Å². The summed E-state index contributed by atoms with van der Waals surface area (Å²) < 4.78 is 15.6. The van der Waals surface area contributed by atoms with Crippen LogP contribution < -0.4 is 9.47 Å². The molecule has 0 radical (unpaired) electrons. The Morgan fingerprint density at radius 2 is 1.65 bits per heavy atom. The highest BCUT2D eigenvalue weighted by atomic mass is 16.5. The van der Waals surface area contributed by atoms with Gasteiger partial charge in [-0.05, 0) is 74.6 Å². The fourth-order valence-electron chi connectivity index (χ4n) is 4.87. The zero-order chi connectivity index (χ0) is 26.7. The summed E-state index contributed by atoms with van der Waals surface area (Å²) in [6.45, 7) is 2.94. The van der Waals surface area contributed by atoms with E-state index in [1.54, 1.807) is 24.3 Å². The highest BCUT2D eigenvalue weighted by Crippen LogP contribution is 2.41. The summed E-state index contributed by atoms with van der Waals surface area (Å²) in [7, 11) is 1.50. The Labute approximate surface area is 214 Å². The molecule has 1 saturated heterocycles. The minimum absolute atomic E-state index is 0.233.